The third-order valence-corrected chi connectivity index (χ3v) is 3.55. The molecule has 1 aromatic heterocycles. The zero-order valence-electron chi connectivity index (χ0n) is 13.5. The van der Waals surface area contributed by atoms with Gasteiger partial charge in [-0.3, -0.25) is 4.79 Å². The van der Waals surface area contributed by atoms with E-state index in [0.29, 0.717) is 11.4 Å². The Morgan fingerprint density at radius 2 is 1.88 bits per heavy atom. The third kappa shape index (κ3) is 3.38. The Balaban J connectivity index is 1.81. The highest BCUT2D eigenvalue weighted by Crippen LogP contribution is 2.16. The normalized spacial score (nSPS) is 10.9. The molecule has 0 unspecified atom stereocenters. The van der Waals surface area contributed by atoms with Crippen LogP contribution >= 0.6 is 0 Å². The van der Waals surface area contributed by atoms with Gasteiger partial charge in [0.25, 0.3) is 0 Å². The molecule has 0 saturated heterocycles. The van der Waals surface area contributed by atoms with E-state index in [0.717, 1.165) is 11.4 Å². The Kier molecular flexibility index (Phi) is 4.47. The van der Waals surface area contributed by atoms with Crippen molar-refractivity contribution in [2.75, 3.05) is 5.32 Å². The summed E-state index contributed by atoms with van der Waals surface area (Å²) < 4.78 is 1.65. The Morgan fingerprint density at radius 1 is 1.12 bits per heavy atom. The molecule has 3 rings (SSSR count). The summed E-state index contributed by atoms with van der Waals surface area (Å²) in [6.45, 7) is 3.57. The highest BCUT2D eigenvalue weighted by atomic mass is 16.1. The number of carbonyl (C=O) groups is 1. The van der Waals surface area contributed by atoms with E-state index in [-0.39, 0.29) is 5.78 Å². The van der Waals surface area contributed by atoms with Crippen molar-refractivity contribution in [2.24, 2.45) is 0 Å². The number of ketones is 1. The van der Waals surface area contributed by atoms with Gasteiger partial charge in [-0.15, -0.1) is 5.10 Å². The van der Waals surface area contributed by atoms with Gasteiger partial charge in [-0.1, -0.05) is 29.8 Å². The molecule has 0 aliphatic carbocycles. The Bertz CT molecular complexity index is 880. The van der Waals surface area contributed by atoms with Crippen molar-refractivity contribution in [3.63, 3.8) is 0 Å². The van der Waals surface area contributed by atoms with Gasteiger partial charge in [-0.2, -0.15) is 4.68 Å². The molecule has 1 N–H and O–H groups in total. The van der Waals surface area contributed by atoms with Crippen LogP contribution in [0.3, 0.4) is 0 Å². The van der Waals surface area contributed by atoms with Crippen LogP contribution in [-0.2, 0) is 0 Å². The van der Waals surface area contributed by atoms with E-state index in [1.54, 1.807) is 29.9 Å². The molecule has 0 radical (unpaired) electrons. The number of carbonyl (C=O) groups excluding carboxylic acids is 1. The fraction of sp³-hybridized carbons (Fsp3) is 0.111. The molecule has 0 fully saturated rings. The van der Waals surface area contributed by atoms with Crippen molar-refractivity contribution >= 4 is 17.5 Å². The summed E-state index contributed by atoms with van der Waals surface area (Å²) in [5.41, 5.74) is 3.44. The molecule has 3 aromatic rings. The molecule has 0 aliphatic rings. The maximum atomic E-state index is 11.6. The quantitative estimate of drug-likeness (QED) is 0.731. The number of nitrogens with zero attached hydrogens (tertiary/aromatic N) is 4. The highest BCUT2D eigenvalue weighted by molar-refractivity contribution is 5.99. The molecule has 6 nitrogen and oxygen atoms in total. The van der Waals surface area contributed by atoms with E-state index >= 15 is 0 Å². The molecule has 0 bridgehead atoms. The van der Waals surface area contributed by atoms with Crippen LogP contribution in [0.2, 0.25) is 0 Å². The number of aromatic nitrogens is 4. The van der Waals surface area contributed by atoms with Crippen LogP contribution in [0, 0.1) is 6.92 Å². The fourth-order valence-electron chi connectivity index (χ4n) is 2.29. The minimum Gasteiger partial charge on any atom is -0.361 e. The first-order valence-corrected chi connectivity index (χ1v) is 7.53. The maximum absolute atomic E-state index is 11.6. The van der Waals surface area contributed by atoms with Crippen molar-refractivity contribution in [3.8, 4) is 5.69 Å². The molecule has 0 atom stereocenters. The summed E-state index contributed by atoms with van der Waals surface area (Å²) in [6.07, 6.45) is 3.48. The number of nitrogens with one attached hydrogen (secondary N) is 1. The number of hydrogen-bond donors (Lipinski definition) is 1. The number of Topliss-reactive ketones (excluding diaryl/α,β-unsaturated/α-hetero) is 1. The van der Waals surface area contributed by atoms with Crippen molar-refractivity contribution in [1.82, 2.24) is 20.2 Å². The van der Waals surface area contributed by atoms with E-state index in [4.69, 9.17) is 0 Å². The molecule has 0 amide bonds. The van der Waals surface area contributed by atoms with Crippen LogP contribution in [0.15, 0.2) is 54.7 Å². The molecule has 120 valence electrons. The minimum absolute atomic E-state index is 0.0102. The predicted octanol–water partition coefficient (Wildman–Crippen LogP) is 3.26. The number of benzene rings is 2. The minimum atomic E-state index is 0.0102. The average Bonchev–Trinajstić information content (AvgIpc) is 3.04. The summed E-state index contributed by atoms with van der Waals surface area (Å²) >= 11 is 0. The first kappa shape index (κ1) is 15.6. The van der Waals surface area contributed by atoms with Crippen LogP contribution in [0.25, 0.3) is 11.8 Å². The lowest BCUT2D eigenvalue weighted by molar-refractivity contribution is 0.101. The fourth-order valence-corrected chi connectivity index (χ4v) is 2.29. The van der Waals surface area contributed by atoms with Gasteiger partial charge in [0, 0.05) is 23.5 Å². The maximum Gasteiger partial charge on any atom is 0.181 e. The first-order valence-electron chi connectivity index (χ1n) is 7.53. The molecule has 24 heavy (non-hydrogen) atoms. The smallest absolute Gasteiger partial charge is 0.181 e. The summed E-state index contributed by atoms with van der Waals surface area (Å²) in [5.74, 6) is 0.600. The second-order valence-electron chi connectivity index (χ2n) is 5.36. The highest BCUT2D eigenvalue weighted by Gasteiger charge is 2.06. The molecule has 1 heterocycles. The summed E-state index contributed by atoms with van der Waals surface area (Å²) in [6, 6.07) is 15.3. The van der Waals surface area contributed by atoms with E-state index < -0.39 is 0 Å². The number of aryl methyl sites for hydroxylation is 1. The summed E-state index contributed by atoms with van der Waals surface area (Å²) in [7, 11) is 0. The molecule has 6 heteroatoms. The average molecular weight is 319 g/mol. The topological polar surface area (TPSA) is 72.7 Å². The SMILES string of the molecule is CC(=O)c1ccccc1N/C=C\c1nnnn1-c1ccc(C)cc1. The van der Waals surface area contributed by atoms with Gasteiger partial charge in [0.15, 0.2) is 11.6 Å². The van der Waals surface area contributed by atoms with Gasteiger partial charge in [-0.05, 0) is 48.5 Å². The zero-order chi connectivity index (χ0) is 16.9. The summed E-state index contributed by atoms with van der Waals surface area (Å²) in [4.78, 5) is 11.6. The second kappa shape index (κ2) is 6.87. The predicted molar refractivity (Wildman–Crippen MR) is 93.0 cm³/mol. The molecule has 0 aliphatic heterocycles. The number of rotatable bonds is 5. The van der Waals surface area contributed by atoms with Gasteiger partial charge < -0.3 is 5.32 Å². The van der Waals surface area contributed by atoms with E-state index in [1.807, 2.05) is 49.4 Å². The van der Waals surface area contributed by atoms with Gasteiger partial charge in [0.2, 0.25) is 0 Å². The Morgan fingerprint density at radius 3 is 2.62 bits per heavy atom. The van der Waals surface area contributed by atoms with Crippen molar-refractivity contribution in [2.45, 2.75) is 13.8 Å². The lowest BCUT2D eigenvalue weighted by atomic mass is 10.1. The van der Waals surface area contributed by atoms with Crippen LogP contribution < -0.4 is 5.32 Å². The van der Waals surface area contributed by atoms with E-state index in [1.165, 1.54) is 5.56 Å². The van der Waals surface area contributed by atoms with Crippen molar-refractivity contribution in [1.29, 1.82) is 0 Å². The van der Waals surface area contributed by atoms with Gasteiger partial charge in [-0.25, -0.2) is 0 Å². The first-order chi connectivity index (χ1) is 11.6. The zero-order valence-corrected chi connectivity index (χ0v) is 13.5. The van der Waals surface area contributed by atoms with Crippen LogP contribution in [-0.4, -0.2) is 26.0 Å². The molecule has 0 saturated carbocycles. The number of para-hydroxylation sites is 1. The Labute approximate surface area is 139 Å². The van der Waals surface area contributed by atoms with Crippen LogP contribution in [0.5, 0.6) is 0 Å². The van der Waals surface area contributed by atoms with Crippen LogP contribution in [0.4, 0.5) is 5.69 Å². The second-order valence-corrected chi connectivity index (χ2v) is 5.36. The van der Waals surface area contributed by atoms with Gasteiger partial charge in [0.05, 0.1) is 5.69 Å². The van der Waals surface area contributed by atoms with E-state index in [2.05, 4.69) is 20.8 Å². The lowest BCUT2D eigenvalue weighted by Gasteiger charge is -2.06. The number of anilines is 1. The lowest BCUT2D eigenvalue weighted by Crippen LogP contribution is -2.01. The standard InChI is InChI=1S/C18H17N5O/c1-13-7-9-15(10-8-13)23-18(20-21-22-23)11-12-19-17-6-4-3-5-16(17)14(2)24/h3-12,19H,1-2H3/b12-11-. The van der Waals surface area contributed by atoms with E-state index in [9.17, 15) is 4.79 Å². The van der Waals surface area contributed by atoms with Crippen LogP contribution in [0.1, 0.15) is 28.7 Å². The molecular weight excluding hydrogens is 302 g/mol. The molecule has 2 aromatic carbocycles. The van der Waals surface area contributed by atoms with Crippen molar-refractivity contribution < 1.29 is 4.79 Å². The number of tetrazole rings is 1. The van der Waals surface area contributed by atoms with Crippen molar-refractivity contribution in [3.05, 3.63) is 71.7 Å². The van der Waals surface area contributed by atoms with Gasteiger partial charge >= 0.3 is 0 Å². The molecule has 0 spiro atoms. The largest absolute Gasteiger partial charge is 0.361 e. The van der Waals surface area contributed by atoms with Gasteiger partial charge in [0.1, 0.15) is 0 Å². The number of hydrogen-bond acceptors (Lipinski definition) is 5. The summed E-state index contributed by atoms with van der Waals surface area (Å²) in [5, 5.41) is 14.9. The Hall–Kier alpha value is -3.28. The monoisotopic (exact) mass is 319 g/mol. The third-order valence-electron chi connectivity index (χ3n) is 3.55. The molecular formula is C18H17N5O.